The highest BCUT2D eigenvalue weighted by Gasteiger charge is 2.29. The Hall–Kier alpha value is -3.52. The first kappa shape index (κ1) is 20.4. The van der Waals surface area contributed by atoms with Crippen molar-refractivity contribution in [3.8, 4) is 28.3 Å². The fourth-order valence-electron chi connectivity index (χ4n) is 4.04. The maximum Gasteiger partial charge on any atom is 0.268 e. The fraction of sp³-hybridized carbons (Fsp3) is 0.208. The Bertz CT molecular complexity index is 1260. The van der Waals surface area contributed by atoms with E-state index in [0.29, 0.717) is 10.8 Å². The number of halogens is 1. The number of carbonyl (C=O) groups excluding carboxylic acids is 1. The van der Waals surface area contributed by atoms with Gasteiger partial charge in [-0.3, -0.25) is 10.1 Å². The van der Waals surface area contributed by atoms with Gasteiger partial charge < -0.3 is 4.74 Å². The molecule has 0 unspecified atom stereocenters. The number of carbonyl (C=O) groups is 1. The van der Waals surface area contributed by atoms with Crippen molar-refractivity contribution in [2.75, 3.05) is 12.4 Å². The molecule has 0 radical (unpaired) electrons. The zero-order chi connectivity index (χ0) is 22.1. The number of hydrogen-bond acceptors (Lipinski definition) is 4. The van der Waals surface area contributed by atoms with Gasteiger partial charge in [0.15, 0.2) is 17.4 Å². The van der Waals surface area contributed by atoms with Crippen molar-refractivity contribution < 1.29 is 18.5 Å². The standard InChI is InChI=1S/C24H21FN4O2S/c1-31-19-10-6-17(7-11-19)21-13-28(23-3-2-12-29(21)23)14-22(30)27-24-26-20(15-32-24)16-4-8-18(25)9-5-16/h4-11,13,15H,2-3,12,14H2,1H3/p+1. The Morgan fingerprint density at radius 2 is 1.94 bits per heavy atom. The van der Waals surface area contributed by atoms with Crippen molar-refractivity contribution >= 4 is 22.4 Å². The summed E-state index contributed by atoms with van der Waals surface area (Å²) in [5.41, 5.74) is 3.72. The van der Waals surface area contributed by atoms with Gasteiger partial charge in [0.2, 0.25) is 0 Å². The van der Waals surface area contributed by atoms with Crippen LogP contribution in [0.3, 0.4) is 0 Å². The smallest absolute Gasteiger partial charge is 0.268 e. The zero-order valence-corrected chi connectivity index (χ0v) is 18.4. The van der Waals surface area contributed by atoms with E-state index in [9.17, 15) is 9.18 Å². The van der Waals surface area contributed by atoms with Crippen LogP contribution in [0, 0.1) is 5.82 Å². The van der Waals surface area contributed by atoms with E-state index in [0.717, 1.165) is 47.8 Å². The number of benzene rings is 2. The SMILES string of the molecule is COc1ccc(-c2c[n+](CC(=O)Nc3nc(-c4ccc(F)cc4)cs3)c3n2CCC3)cc1. The summed E-state index contributed by atoms with van der Waals surface area (Å²) >= 11 is 1.36. The summed E-state index contributed by atoms with van der Waals surface area (Å²) in [6.45, 7) is 1.16. The first-order valence-corrected chi connectivity index (χ1v) is 11.3. The van der Waals surface area contributed by atoms with Crippen LogP contribution in [0.4, 0.5) is 9.52 Å². The lowest BCUT2D eigenvalue weighted by Crippen LogP contribution is -2.42. The monoisotopic (exact) mass is 449 g/mol. The zero-order valence-electron chi connectivity index (χ0n) is 17.5. The van der Waals surface area contributed by atoms with E-state index in [-0.39, 0.29) is 18.3 Å². The molecule has 2 aromatic heterocycles. The molecule has 2 aromatic carbocycles. The summed E-state index contributed by atoms with van der Waals surface area (Å²) in [6, 6.07) is 14.1. The third-order valence-electron chi connectivity index (χ3n) is 5.58. The second-order valence-corrected chi connectivity index (χ2v) is 8.49. The van der Waals surface area contributed by atoms with Gasteiger partial charge in [0.25, 0.3) is 11.7 Å². The van der Waals surface area contributed by atoms with Gasteiger partial charge in [-0.1, -0.05) is 0 Å². The molecular weight excluding hydrogens is 427 g/mol. The molecule has 1 aliphatic heterocycles. The quantitative estimate of drug-likeness (QED) is 0.447. The summed E-state index contributed by atoms with van der Waals surface area (Å²) in [4.78, 5) is 17.2. The topological polar surface area (TPSA) is 60.0 Å². The van der Waals surface area contributed by atoms with Crippen LogP contribution in [-0.4, -0.2) is 22.6 Å². The maximum atomic E-state index is 13.1. The number of nitrogens with one attached hydrogen (secondary N) is 1. The summed E-state index contributed by atoms with van der Waals surface area (Å²) < 4.78 is 22.7. The molecule has 162 valence electrons. The Morgan fingerprint density at radius 1 is 1.19 bits per heavy atom. The molecule has 0 saturated heterocycles. The highest BCUT2D eigenvalue weighted by atomic mass is 32.1. The number of fused-ring (bicyclic) bond motifs is 1. The first-order valence-electron chi connectivity index (χ1n) is 10.4. The molecule has 8 heteroatoms. The van der Waals surface area contributed by atoms with Gasteiger partial charge >= 0.3 is 0 Å². The van der Waals surface area contributed by atoms with Crippen molar-refractivity contribution in [3.63, 3.8) is 0 Å². The molecule has 32 heavy (non-hydrogen) atoms. The number of anilines is 1. The van der Waals surface area contributed by atoms with Crippen LogP contribution < -0.4 is 14.6 Å². The minimum atomic E-state index is -0.288. The van der Waals surface area contributed by atoms with Crippen molar-refractivity contribution in [2.45, 2.75) is 25.9 Å². The molecule has 1 N–H and O–H groups in total. The van der Waals surface area contributed by atoms with Gasteiger partial charge in [-0.25, -0.2) is 18.5 Å². The van der Waals surface area contributed by atoms with Crippen LogP contribution >= 0.6 is 11.3 Å². The molecule has 0 saturated carbocycles. The molecule has 6 nitrogen and oxygen atoms in total. The number of nitrogens with zero attached hydrogens (tertiary/aromatic N) is 3. The number of hydrogen-bond donors (Lipinski definition) is 1. The number of aromatic nitrogens is 3. The van der Waals surface area contributed by atoms with Crippen molar-refractivity contribution in [1.29, 1.82) is 0 Å². The number of imidazole rings is 1. The van der Waals surface area contributed by atoms with Crippen LogP contribution in [-0.2, 0) is 24.3 Å². The highest BCUT2D eigenvalue weighted by Crippen LogP contribution is 2.27. The molecule has 1 aliphatic rings. The molecule has 4 aromatic rings. The maximum absolute atomic E-state index is 13.1. The van der Waals surface area contributed by atoms with Gasteiger partial charge in [-0.2, -0.15) is 0 Å². The van der Waals surface area contributed by atoms with Crippen molar-refractivity contribution in [2.24, 2.45) is 0 Å². The van der Waals surface area contributed by atoms with E-state index in [1.54, 1.807) is 19.2 Å². The van der Waals surface area contributed by atoms with Gasteiger partial charge in [-0.15, -0.1) is 11.3 Å². The van der Waals surface area contributed by atoms with Crippen molar-refractivity contribution in [1.82, 2.24) is 9.55 Å². The van der Waals surface area contributed by atoms with Crippen LogP contribution in [0.2, 0.25) is 0 Å². The summed E-state index contributed by atoms with van der Waals surface area (Å²) in [7, 11) is 1.65. The number of ether oxygens (including phenoxy) is 1. The van der Waals surface area contributed by atoms with Gasteiger partial charge in [0, 0.05) is 16.5 Å². The lowest BCUT2D eigenvalue weighted by atomic mass is 10.1. The van der Waals surface area contributed by atoms with Gasteiger partial charge in [-0.05, 0) is 55.0 Å². The summed E-state index contributed by atoms with van der Waals surface area (Å²) in [5.74, 6) is 1.55. The third kappa shape index (κ3) is 4.01. The molecule has 1 amide bonds. The van der Waals surface area contributed by atoms with E-state index in [2.05, 4.69) is 14.9 Å². The molecule has 0 aliphatic carbocycles. The predicted octanol–water partition coefficient (Wildman–Crippen LogP) is 4.30. The molecule has 0 fully saturated rings. The Balaban J connectivity index is 1.32. The average molecular weight is 450 g/mol. The number of amides is 1. The molecule has 0 atom stereocenters. The van der Waals surface area contributed by atoms with E-state index in [1.807, 2.05) is 40.4 Å². The minimum absolute atomic E-state index is 0.128. The molecule has 3 heterocycles. The molecular formula is C24H22FN4O2S+. The van der Waals surface area contributed by atoms with Gasteiger partial charge in [0.05, 0.1) is 25.8 Å². The van der Waals surface area contributed by atoms with Crippen LogP contribution in [0.15, 0.2) is 60.1 Å². The lowest BCUT2D eigenvalue weighted by Gasteiger charge is -2.01. The average Bonchev–Trinajstić information content (AvgIpc) is 3.53. The van der Waals surface area contributed by atoms with Crippen LogP contribution in [0.1, 0.15) is 12.2 Å². The molecule has 0 spiro atoms. The Labute approximate surface area is 188 Å². The normalized spacial score (nSPS) is 12.6. The Morgan fingerprint density at radius 3 is 2.69 bits per heavy atom. The van der Waals surface area contributed by atoms with Crippen LogP contribution in [0.25, 0.3) is 22.5 Å². The molecule has 5 rings (SSSR count). The van der Waals surface area contributed by atoms with E-state index >= 15 is 0 Å². The largest absolute Gasteiger partial charge is 0.497 e. The lowest BCUT2D eigenvalue weighted by molar-refractivity contribution is -0.690. The minimum Gasteiger partial charge on any atom is -0.497 e. The van der Waals surface area contributed by atoms with Gasteiger partial charge in [0.1, 0.15) is 17.8 Å². The number of rotatable bonds is 6. The molecule has 0 bridgehead atoms. The number of thiazole rings is 1. The highest BCUT2D eigenvalue weighted by molar-refractivity contribution is 7.14. The second kappa shape index (κ2) is 8.55. The summed E-state index contributed by atoms with van der Waals surface area (Å²) in [6.07, 6.45) is 4.05. The third-order valence-corrected chi connectivity index (χ3v) is 6.34. The Kier molecular flexibility index (Phi) is 5.45. The second-order valence-electron chi connectivity index (χ2n) is 7.64. The van der Waals surface area contributed by atoms with E-state index < -0.39 is 0 Å². The fourth-order valence-corrected chi connectivity index (χ4v) is 4.77. The number of methoxy groups -OCH3 is 1. The van der Waals surface area contributed by atoms with E-state index in [4.69, 9.17) is 4.74 Å². The van der Waals surface area contributed by atoms with E-state index in [1.165, 1.54) is 23.5 Å². The summed E-state index contributed by atoms with van der Waals surface area (Å²) in [5, 5.41) is 5.28. The first-order chi connectivity index (χ1) is 15.6. The van der Waals surface area contributed by atoms with Crippen molar-refractivity contribution in [3.05, 3.63) is 71.7 Å². The van der Waals surface area contributed by atoms with Crippen LogP contribution in [0.5, 0.6) is 5.75 Å². The predicted molar refractivity (Wildman–Crippen MR) is 121 cm³/mol.